The number of aliphatic carboxylic acids is 3. The van der Waals surface area contributed by atoms with Crippen molar-refractivity contribution >= 4 is 17.9 Å². The predicted octanol–water partition coefficient (Wildman–Crippen LogP) is 9.34. The zero-order valence-electron chi connectivity index (χ0n) is 27.0. The van der Waals surface area contributed by atoms with Crippen LogP contribution in [-0.2, 0) is 14.4 Å². The number of rotatable bonds is 29. The Kier molecular flexibility index (Phi) is 23.5. The Bertz CT molecular complexity index is 662. The predicted molar refractivity (Wildman–Crippen MR) is 168 cm³/mol. The molecule has 0 amide bonds. The fraction of sp³-hybridized carbons (Fsp3) is 0.853. The average Bonchev–Trinajstić information content (AvgIpc) is 2.93. The molecule has 3 atom stereocenters. The summed E-state index contributed by atoms with van der Waals surface area (Å²) >= 11 is 0. The van der Waals surface area contributed by atoms with E-state index in [0.29, 0.717) is 25.7 Å². The second kappa shape index (κ2) is 24.7. The van der Waals surface area contributed by atoms with Crippen molar-refractivity contribution in [3.05, 3.63) is 12.3 Å². The lowest BCUT2D eigenvalue weighted by molar-refractivity contribution is -0.928. The molecule has 0 aliphatic rings. The Labute approximate surface area is 251 Å². The van der Waals surface area contributed by atoms with Crippen molar-refractivity contribution in [1.82, 2.24) is 0 Å². The van der Waals surface area contributed by atoms with E-state index in [1.165, 1.54) is 77.0 Å². The van der Waals surface area contributed by atoms with Crippen LogP contribution in [-0.4, -0.2) is 55.8 Å². The van der Waals surface area contributed by atoms with Gasteiger partial charge in [0.05, 0.1) is 6.20 Å². The van der Waals surface area contributed by atoms with Gasteiger partial charge in [0.15, 0.2) is 18.1 Å². The summed E-state index contributed by atoms with van der Waals surface area (Å²) in [5.41, 5.74) is 0. The number of carboxylic acid groups (broad SMARTS) is 3. The third-order valence-electron chi connectivity index (χ3n) is 8.50. The Balaban J connectivity index is 5.11. The van der Waals surface area contributed by atoms with Gasteiger partial charge < -0.3 is 15.3 Å². The lowest BCUT2D eigenvalue weighted by Crippen LogP contribution is -2.69. The Hall–Kier alpha value is -1.89. The van der Waals surface area contributed by atoms with E-state index >= 15 is 0 Å². The summed E-state index contributed by atoms with van der Waals surface area (Å²) in [5.74, 6) is -3.39. The first-order valence-electron chi connectivity index (χ1n) is 17.0. The van der Waals surface area contributed by atoms with Crippen molar-refractivity contribution in [2.24, 2.45) is 0 Å². The van der Waals surface area contributed by atoms with E-state index in [2.05, 4.69) is 6.92 Å². The molecule has 3 N–H and O–H groups in total. The quantitative estimate of drug-likeness (QED) is 0.0598. The lowest BCUT2D eigenvalue weighted by atomic mass is 9.93. The lowest BCUT2D eigenvalue weighted by Gasteiger charge is -2.47. The van der Waals surface area contributed by atoms with Crippen molar-refractivity contribution in [1.29, 1.82) is 0 Å². The summed E-state index contributed by atoms with van der Waals surface area (Å²) < 4.78 is -0.547. The minimum Gasteiger partial charge on any atom is -0.477 e. The first-order chi connectivity index (χ1) is 19.7. The van der Waals surface area contributed by atoms with Gasteiger partial charge in [0.2, 0.25) is 0 Å². The molecule has 0 spiro atoms. The minimum atomic E-state index is -1.13. The van der Waals surface area contributed by atoms with E-state index in [0.717, 1.165) is 19.3 Å². The number of nitrogens with zero attached hydrogens (tertiary/aromatic N) is 1. The molecule has 0 bridgehead atoms. The Morgan fingerprint density at radius 1 is 0.488 bits per heavy atom. The van der Waals surface area contributed by atoms with Crippen molar-refractivity contribution in [3.8, 4) is 0 Å². The van der Waals surface area contributed by atoms with Crippen molar-refractivity contribution in [3.63, 3.8) is 0 Å². The van der Waals surface area contributed by atoms with E-state index in [9.17, 15) is 29.7 Å². The molecular formula is C34H64NO6+. The molecule has 0 saturated heterocycles. The normalized spacial score (nSPS) is 15.4. The van der Waals surface area contributed by atoms with E-state index in [-0.39, 0.29) is 19.3 Å². The van der Waals surface area contributed by atoms with Gasteiger partial charge in [-0.2, -0.15) is 0 Å². The van der Waals surface area contributed by atoms with E-state index in [1.54, 1.807) is 6.20 Å². The van der Waals surface area contributed by atoms with Gasteiger partial charge in [-0.3, -0.25) is 4.48 Å². The van der Waals surface area contributed by atoms with Crippen molar-refractivity contribution in [2.45, 2.75) is 187 Å². The SMILES string of the molecule is CCCCCCCCCCCCCCCCC/C=C/[N+](C(CCC)C(=O)O)(C(CCC)C(=O)O)C(CCC)C(=O)O. The highest BCUT2D eigenvalue weighted by Gasteiger charge is 2.56. The maximum absolute atomic E-state index is 12.5. The smallest absolute Gasteiger partial charge is 0.363 e. The molecule has 0 saturated carbocycles. The van der Waals surface area contributed by atoms with E-state index < -0.39 is 40.5 Å². The number of carbonyl (C=O) groups is 3. The van der Waals surface area contributed by atoms with Crippen LogP contribution in [0.2, 0.25) is 0 Å². The third kappa shape index (κ3) is 15.2. The topological polar surface area (TPSA) is 112 Å². The number of unbranched alkanes of at least 4 members (excludes halogenated alkanes) is 15. The zero-order chi connectivity index (χ0) is 30.9. The van der Waals surface area contributed by atoms with Gasteiger partial charge >= 0.3 is 17.9 Å². The fourth-order valence-corrected chi connectivity index (χ4v) is 6.29. The molecule has 3 unspecified atom stereocenters. The molecule has 240 valence electrons. The van der Waals surface area contributed by atoms with Gasteiger partial charge in [-0.15, -0.1) is 0 Å². The van der Waals surface area contributed by atoms with Crippen LogP contribution in [0.1, 0.15) is 169 Å². The molecule has 0 aliphatic heterocycles. The largest absolute Gasteiger partial charge is 0.477 e. The highest BCUT2D eigenvalue weighted by Crippen LogP contribution is 2.34. The van der Waals surface area contributed by atoms with Crippen LogP contribution in [0.25, 0.3) is 0 Å². The summed E-state index contributed by atoms with van der Waals surface area (Å²) in [6, 6.07) is -3.38. The molecule has 0 aromatic carbocycles. The average molecular weight is 583 g/mol. The molecule has 0 aromatic heterocycles. The van der Waals surface area contributed by atoms with Crippen LogP contribution < -0.4 is 0 Å². The molecule has 0 aliphatic carbocycles. The minimum absolute atomic E-state index is 0.222. The second-order valence-electron chi connectivity index (χ2n) is 11.9. The number of carboxylic acids is 3. The molecule has 0 rings (SSSR count). The van der Waals surface area contributed by atoms with Crippen molar-refractivity contribution < 1.29 is 34.2 Å². The van der Waals surface area contributed by atoms with Crippen LogP contribution in [0.5, 0.6) is 0 Å². The van der Waals surface area contributed by atoms with E-state index in [1.807, 2.05) is 26.8 Å². The number of quaternary nitrogens is 1. The summed E-state index contributed by atoms with van der Waals surface area (Å²) in [6.07, 6.45) is 25.6. The van der Waals surface area contributed by atoms with Crippen LogP contribution in [0.3, 0.4) is 0 Å². The van der Waals surface area contributed by atoms with Crippen LogP contribution in [0, 0.1) is 0 Å². The molecule has 0 heterocycles. The second-order valence-corrected chi connectivity index (χ2v) is 11.9. The summed E-state index contributed by atoms with van der Waals surface area (Å²) in [4.78, 5) is 37.6. The highest BCUT2D eigenvalue weighted by atomic mass is 16.4. The van der Waals surface area contributed by atoms with Crippen LogP contribution in [0.4, 0.5) is 0 Å². The number of hydrogen-bond donors (Lipinski definition) is 3. The first kappa shape index (κ1) is 39.1. The maximum atomic E-state index is 12.5. The Morgan fingerprint density at radius 3 is 1.05 bits per heavy atom. The van der Waals surface area contributed by atoms with Crippen LogP contribution >= 0.6 is 0 Å². The van der Waals surface area contributed by atoms with Crippen molar-refractivity contribution in [2.75, 3.05) is 0 Å². The molecule has 0 radical (unpaired) electrons. The van der Waals surface area contributed by atoms with Gasteiger partial charge in [-0.1, -0.05) is 118 Å². The summed E-state index contributed by atoms with van der Waals surface area (Å²) in [6.45, 7) is 7.83. The standard InChI is InChI=1S/C34H63NO6/c1-5-9-10-11-12-13-14-15-16-17-18-19-20-21-22-23-24-28-35(29(25-6-2)32(36)37,30(26-7-3)33(38)39)31(27-8-4)34(40)41/h24,28-31H,5-23,25-27H2,1-4H3,(H2-,36,37,38,39,40,41)/p+1/b28-24+. The van der Waals surface area contributed by atoms with E-state index in [4.69, 9.17) is 0 Å². The first-order valence-corrected chi connectivity index (χ1v) is 17.0. The molecule has 0 aromatic rings. The van der Waals surface area contributed by atoms with Gasteiger partial charge in [0.1, 0.15) is 0 Å². The Morgan fingerprint density at radius 2 is 0.780 bits per heavy atom. The number of hydrogen-bond acceptors (Lipinski definition) is 3. The molecule has 7 nitrogen and oxygen atoms in total. The molecule has 7 heteroatoms. The summed E-state index contributed by atoms with van der Waals surface area (Å²) in [5, 5.41) is 30.7. The monoisotopic (exact) mass is 582 g/mol. The molecule has 0 fully saturated rings. The van der Waals surface area contributed by atoms with Gasteiger partial charge in [0.25, 0.3) is 0 Å². The molecular weight excluding hydrogens is 518 g/mol. The maximum Gasteiger partial charge on any atom is 0.363 e. The fourth-order valence-electron chi connectivity index (χ4n) is 6.29. The van der Waals surface area contributed by atoms with Gasteiger partial charge in [-0.25, -0.2) is 14.4 Å². The zero-order valence-corrected chi connectivity index (χ0v) is 27.0. The molecule has 41 heavy (non-hydrogen) atoms. The van der Waals surface area contributed by atoms with Gasteiger partial charge in [0, 0.05) is 19.3 Å². The summed E-state index contributed by atoms with van der Waals surface area (Å²) in [7, 11) is 0. The third-order valence-corrected chi connectivity index (χ3v) is 8.50. The van der Waals surface area contributed by atoms with Gasteiger partial charge in [-0.05, 0) is 38.2 Å². The highest BCUT2D eigenvalue weighted by molar-refractivity contribution is 5.78. The number of allylic oxidation sites excluding steroid dienone is 1. The van der Waals surface area contributed by atoms with Crippen LogP contribution in [0.15, 0.2) is 12.3 Å².